The van der Waals surface area contributed by atoms with E-state index >= 15 is 0 Å². The van der Waals surface area contributed by atoms with Gasteiger partial charge >= 0.3 is 0 Å². The van der Waals surface area contributed by atoms with E-state index in [1.807, 2.05) is 6.92 Å². The smallest absolute Gasteiger partial charge is 0.228 e. The molecule has 0 N–H and O–H groups in total. The summed E-state index contributed by atoms with van der Waals surface area (Å²) < 4.78 is 7.32. The maximum absolute atomic E-state index is 5.07. The molecule has 0 aromatic carbocycles. The first-order valence-electron chi connectivity index (χ1n) is 5.09. The summed E-state index contributed by atoms with van der Waals surface area (Å²) in [6.45, 7) is 6.93. The highest BCUT2D eigenvalue weighted by Crippen LogP contribution is 2.08. The van der Waals surface area contributed by atoms with Gasteiger partial charge in [-0.05, 0) is 32.9 Å². The molecule has 0 atom stereocenters. The molecule has 4 heteroatoms. The van der Waals surface area contributed by atoms with Crippen molar-refractivity contribution in [2.75, 3.05) is 0 Å². The van der Waals surface area contributed by atoms with E-state index < -0.39 is 0 Å². The van der Waals surface area contributed by atoms with E-state index in [2.05, 4.69) is 40.7 Å². The van der Waals surface area contributed by atoms with E-state index in [0.29, 0.717) is 11.7 Å². The third kappa shape index (κ3) is 2.09. The SMILES string of the molecule is Cc1noc(CCn2c(C)ccc2C)n1. The van der Waals surface area contributed by atoms with Crippen molar-refractivity contribution in [1.29, 1.82) is 0 Å². The summed E-state index contributed by atoms with van der Waals surface area (Å²) in [4.78, 5) is 4.18. The monoisotopic (exact) mass is 205 g/mol. The van der Waals surface area contributed by atoms with Crippen LogP contribution in [0.5, 0.6) is 0 Å². The Bertz CT molecular complexity index is 437. The van der Waals surface area contributed by atoms with E-state index in [4.69, 9.17) is 4.52 Å². The Labute approximate surface area is 88.9 Å². The second-order valence-electron chi connectivity index (χ2n) is 3.75. The van der Waals surface area contributed by atoms with E-state index in [0.717, 1.165) is 13.0 Å². The van der Waals surface area contributed by atoms with Gasteiger partial charge in [0.25, 0.3) is 0 Å². The first-order chi connectivity index (χ1) is 7.16. The summed E-state index contributed by atoms with van der Waals surface area (Å²) in [5, 5.41) is 3.77. The number of nitrogens with zero attached hydrogens (tertiary/aromatic N) is 3. The molecule has 2 aromatic rings. The van der Waals surface area contributed by atoms with Crippen molar-refractivity contribution in [3.05, 3.63) is 35.2 Å². The fourth-order valence-electron chi connectivity index (χ4n) is 1.70. The molecule has 2 heterocycles. The molecule has 0 aliphatic rings. The zero-order valence-electron chi connectivity index (χ0n) is 9.32. The fourth-order valence-corrected chi connectivity index (χ4v) is 1.70. The molecule has 0 fully saturated rings. The zero-order valence-corrected chi connectivity index (χ0v) is 9.32. The summed E-state index contributed by atoms with van der Waals surface area (Å²) in [5.41, 5.74) is 2.53. The molecular formula is C11H15N3O. The topological polar surface area (TPSA) is 43.9 Å². The van der Waals surface area contributed by atoms with Gasteiger partial charge in [-0.15, -0.1) is 0 Å². The van der Waals surface area contributed by atoms with Gasteiger partial charge < -0.3 is 9.09 Å². The highest BCUT2D eigenvalue weighted by Gasteiger charge is 2.05. The molecular weight excluding hydrogens is 190 g/mol. The van der Waals surface area contributed by atoms with Crippen LogP contribution in [0.1, 0.15) is 23.1 Å². The molecule has 0 aliphatic carbocycles. The Balaban J connectivity index is 2.05. The summed E-state index contributed by atoms with van der Waals surface area (Å²) in [6, 6.07) is 4.24. The van der Waals surface area contributed by atoms with Crippen LogP contribution in [-0.2, 0) is 13.0 Å². The predicted octanol–water partition coefficient (Wildman–Crippen LogP) is 2.04. The first kappa shape index (κ1) is 9.96. The molecule has 0 bridgehead atoms. The summed E-state index contributed by atoms with van der Waals surface area (Å²) in [6.07, 6.45) is 0.789. The largest absolute Gasteiger partial charge is 0.349 e. The number of aryl methyl sites for hydroxylation is 4. The van der Waals surface area contributed by atoms with Crippen molar-refractivity contribution < 1.29 is 4.52 Å². The maximum atomic E-state index is 5.07. The van der Waals surface area contributed by atoms with Gasteiger partial charge in [0.05, 0.1) is 0 Å². The van der Waals surface area contributed by atoms with E-state index in [-0.39, 0.29) is 0 Å². The quantitative estimate of drug-likeness (QED) is 0.770. The van der Waals surface area contributed by atoms with Crippen molar-refractivity contribution in [3.8, 4) is 0 Å². The van der Waals surface area contributed by atoms with Crippen molar-refractivity contribution in [2.45, 2.75) is 33.7 Å². The van der Waals surface area contributed by atoms with Crippen LogP contribution in [0.25, 0.3) is 0 Å². The molecule has 0 amide bonds. The molecule has 2 aromatic heterocycles. The minimum absolute atomic E-state index is 0.700. The molecule has 0 saturated carbocycles. The van der Waals surface area contributed by atoms with Gasteiger partial charge in [-0.3, -0.25) is 0 Å². The lowest BCUT2D eigenvalue weighted by Gasteiger charge is -2.06. The minimum Gasteiger partial charge on any atom is -0.349 e. The summed E-state index contributed by atoms with van der Waals surface area (Å²) in [5.74, 6) is 1.41. The van der Waals surface area contributed by atoms with E-state index in [9.17, 15) is 0 Å². The van der Waals surface area contributed by atoms with Gasteiger partial charge in [-0.2, -0.15) is 4.98 Å². The molecule has 0 spiro atoms. The summed E-state index contributed by atoms with van der Waals surface area (Å²) >= 11 is 0. The Morgan fingerprint density at radius 1 is 1.20 bits per heavy atom. The lowest BCUT2D eigenvalue weighted by molar-refractivity contribution is 0.367. The van der Waals surface area contributed by atoms with Gasteiger partial charge in [-0.25, -0.2) is 0 Å². The molecule has 0 unspecified atom stereocenters. The van der Waals surface area contributed by atoms with Crippen LogP contribution in [-0.4, -0.2) is 14.7 Å². The fraction of sp³-hybridized carbons (Fsp3) is 0.455. The standard InChI is InChI=1S/C11H15N3O/c1-8-4-5-9(2)14(8)7-6-11-12-10(3)13-15-11/h4-5H,6-7H2,1-3H3. The predicted molar refractivity (Wildman–Crippen MR) is 56.6 cm³/mol. The maximum Gasteiger partial charge on any atom is 0.228 e. The van der Waals surface area contributed by atoms with Crippen molar-refractivity contribution >= 4 is 0 Å². The van der Waals surface area contributed by atoms with Crippen LogP contribution in [0.4, 0.5) is 0 Å². The lowest BCUT2D eigenvalue weighted by atomic mass is 10.4. The van der Waals surface area contributed by atoms with Crippen LogP contribution < -0.4 is 0 Å². The third-order valence-corrected chi connectivity index (χ3v) is 2.54. The highest BCUT2D eigenvalue weighted by molar-refractivity contribution is 5.13. The second-order valence-corrected chi connectivity index (χ2v) is 3.75. The minimum atomic E-state index is 0.700. The van der Waals surface area contributed by atoms with Crippen LogP contribution in [0.3, 0.4) is 0 Å². The third-order valence-electron chi connectivity index (χ3n) is 2.54. The zero-order chi connectivity index (χ0) is 10.8. The van der Waals surface area contributed by atoms with Crippen molar-refractivity contribution in [1.82, 2.24) is 14.7 Å². The molecule has 4 nitrogen and oxygen atoms in total. The molecule has 0 aliphatic heterocycles. The van der Waals surface area contributed by atoms with Crippen LogP contribution in [0, 0.1) is 20.8 Å². The molecule has 80 valence electrons. The Morgan fingerprint density at radius 3 is 2.40 bits per heavy atom. The number of hydrogen-bond donors (Lipinski definition) is 0. The average molecular weight is 205 g/mol. The highest BCUT2D eigenvalue weighted by atomic mass is 16.5. The lowest BCUT2D eigenvalue weighted by Crippen LogP contribution is -2.05. The van der Waals surface area contributed by atoms with Crippen molar-refractivity contribution in [2.24, 2.45) is 0 Å². The average Bonchev–Trinajstić information content (AvgIpc) is 2.73. The van der Waals surface area contributed by atoms with Gasteiger partial charge in [0, 0.05) is 24.4 Å². The van der Waals surface area contributed by atoms with Crippen molar-refractivity contribution in [3.63, 3.8) is 0 Å². The Hall–Kier alpha value is -1.58. The number of aromatic nitrogens is 3. The number of hydrogen-bond acceptors (Lipinski definition) is 3. The van der Waals surface area contributed by atoms with E-state index in [1.54, 1.807) is 0 Å². The first-order valence-corrected chi connectivity index (χ1v) is 5.09. The van der Waals surface area contributed by atoms with Crippen LogP contribution in [0.2, 0.25) is 0 Å². The van der Waals surface area contributed by atoms with Gasteiger partial charge in [-0.1, -0.05) is 5.16 Å². The van der Waals surface area contributed by atoms with Crippen LogP contribution >= 0.6 is 0 Å². The second kappa shape index (κ2) is 3.88. The van der Waals surface area contributed by atoms with Gasteiger partial charge in [0.15, 0.2) is 5.82 Å². The summed E-state index contributed by atoms with van der Waals surface area (Å²) in [7, 11) is 0. The normalized spacial score (nSPS) is 10.9. The molecule has 2 rings (SSSR count). The molecule has 0 saturated heterocycles. The van der Waals surface area contributed by atoms with Crippen LogP contribution in [0.15, 0.2) is 16.7 Å². The Morgan fingerprint density at radius 2 is 1.87 bits per heavy atom. The molecule has 15 heavy (non-hydrogen) atoms. The van der Waals surface area contributed by atoms with Gasteiger partial charge in [0.2, 0.25) is 5.89 Å². The molecule has 0 radical (unpaired) electrons. The van der Waals surface area contributed by atoms with Gasteiger partial charge in [0.1, 0.15) is 0 Å². The van der Waals surface area contributed by atoms with E-state index in [1.165, 1.54) is 11.4 Å². The number of rotatable bonds is 3. The Kier molecular flexibility index (Phi) is 2.58.